The Morgan fingerprint density at radius 3 is 2.57 bits per heavy atom. The lowest BCUT2D eigenvalue weighted by Gasteiger charge is -2.13. The largest absolute Gasteiger partial charge is 0.416 e. The van der Waals surface area contributed by atoms with Crippen molar-refractivity contribution in [3.05, 3.63) is 93.9 Å². The monoisotopic (exact) mass is 427 g/mol. The minimum atomic E-state index is -4.41. The molecule has 8 heteroatoms. The maximum atomic E-state index is 13.2. The Balaban J connectivity index is 1.77. The van der Waals surface area contributed by atoms with Crippen molar-refractivity contribution in [3.8, 4) is 5.82 Å². The topological polar surface area (TPSA) is 47.8 Å². The predicted octanol–water partition coefficient (Wildman–Crippen LogP) is 5.40. The molecule has 2 aromatic carbocycles. The molecule has 0 spiro atoms. The second-order valence-corrected chi connectivity index (χ2v) is 7.68. The van der Waals surface area contributed by atoms with Crippen LogP contribution in [0.25, 0.3) is 16.7 Å². The minimum Gasteiger partial charge on any atom is -0.268 e. The number of aromatic nitrogens is 3. The lowest BCUT2D eigenvalue weighted by Crippen LogP contribution is -2.22. The molecule has 0 aliphatic carbocycles. The Bertz CT molecular complexity index is 1270. The molecule has 0 saturated heterocycles. The van der Waals surface area contributed by atoms with E-state index in [1.54, 1.807) is 42.6 Å². The number of benzene rings is 2. The normalized spacial score (nSPS) is 11.7. The molecule has 152 valence electrons. The van der Waals surface area contributed by atoms with Crippen LogP contribution in [0.2, 0.25) is 0 Å². The van der Waals surface area contributed by atoms with Crippen LogP contribution in [-0.4, -0.2) is 14.5 Å². The first-order valence-corrected chi connectivity index (χ1v) is 10.1. The number of nitrogens with zero attached hydrogens (tertiary/aromatic N) is 3. The first-order valence-electron chi connectivity index (χ1n) is 9.07. The molecule has 4 rings (SSSR count). The fourth-order valence-corrected chi connectivity index (χ4v) is 3.93. The molecule has 0 aliphatic heterocycles. The molecule has 4 nitrogen and oxygen atoms in total. The average molecular weight is 427 g/mol. The number of rotatable bonds is 4. The highest BCUT2D eigenvalue weighted by atomic mass is 32.2. The molecule has 30 heavy (non-hydrogen) atoms. The van der Waals surface area contributed by atoms with Crippen LogP contribution >= 0.6 is 11.8 Å². The van der Waals surface area contributed by atoms with Gasteiger partial charge in [-0.05, 0) is 42.3 Å². The molecule has 0 unspecified atom stereocenters. The van der Waals surface area contributed by atoms with Crippen molar-refractivity contribution < 1.29 is 13.2 Å². The number of para-hydroxylation sites is 1. The highest BCUT2D eigenvalue weighted by Crippen LogP contribution is 2.31. The van der Waals surface area contributed by atoms with Gasteiger partial charge in [-0.1, -0.05) is 48.2 Å². The van der Waals surface area contributed by atoms with Gasteiger partial charge in [-0.25, -0.2) is 14.5 Å². The van der Waals surface area contributed by atoms with Gasteiger partial charge in [-0.15, -0.1) is 0 Å². The zero-order valence-electron chi connectivity index (χ0n) is 15.8. The van der Waals surface area contributed by atoms with Crippen LogP contribution in [-0.2, 0) is 11.9 Å². The van der Waals surface area contributed by atoms with E-state index in [2.05, 4.69) is 9.97 Å². The third-order valence-corrected chi connectivity index (χ3v) is 5.50. The van der Waals surface area contributed by atoms with Crippen molar-refractivity contribution in [1.29, 1.82) is 0 Å². The van der Waals surface area contributed by atoms with Gasteiger partial charge in [0.15, 0.2) is 5.16 Å². The lowest BCUT2D eigenvalue weighted by atomic mass is 10.1. The van der Waals surface area contributed by atoms with Gasteiger partial charge in [0, 0.05) is 11.9 Å². The van der Waals surface area contributed by atoms with E-state index in [-0.39, 0.29) is 11.3 Å². The van der Waals surface area contributed by atoms with Gasteiger partial charge in [0.1, 0.15) is 5.82 Å². The van der Waals surface area contributed by atoms with Crippen molar-refractivity contribution in [2.75, 3.05) is 0 Å². The van der Waals surface area contributed by atoms with E-state index >= 15 is 0 Å². The molecule has 0 aliphatic rings. The van der Waals surface area contributed by atoms with E-state index in [0.29, 0.717) is 27.4 Å². The Morgan fingerprint density at radius 2 is 1.83 bits per heavy atom. The van der Waals surface area contributed by atoms with Gasteiger partial charge < -0.3 is 0 Å². The number of fused-ring (bicyclic) bond motifs is 1. The number of halogens is 3. The van der Waals surface area contributed by atoms with Crippen LogP contribution in [0.1, 0.15) is 16.7 Å². The molecule has 4 aromatic rings. The second kappa shape index (κ2) is 7.95. The fourth-order valence-electron chi connectivity index (χ4n) is 2.99. The van der Waals surface area contributed by atoms with Crippen LogP contribution in [0.5, 0.6) is 0 Å². The van der Waals surface area contributed by atoms with Crippen molar-refractivity contribution in [1.82, 2.24) is 14.5 Å². The molecule has 2 heterocycles. The Morgan fingerprint density at radius 1 is 1.03 bits per heavy atom. The molecule has 2 aromatic heterocycles. The summed E-state index contributed by atoms with van der Waals surface area (Å²) >= 11 is 1.19. The van der Waals surface area contributed by atoms with E-state index in [0.717, 1.165) is 17.7 Å². The Labute approximate surface area is 174 Å². The number of aryl methyl sites for hydroxylation is 1. The third kappa shape index (κ3) is 4.09. The van der Waals surface area contributed by atoms with Crippen LogP contribution in [0, 0.1) is 6.92 Å². The molecule has 0 amide bonds. The molecule has 0 saturated carbocycles. The quantitative estimate of drug-likeness (QED) is 0.323. The van der Waals surface area contributed by atoms with E-state index in [1.165, 1.54) is 22.4 Å². The number of pyridine rings is 1. The summed E-state index contributed by atoms with van der Waals surface area (Å²) in [6.45, 7) is 1.89. The number of hydrogen-bond acceptors (Lipinski definition) is 4. The van der Waals surface area contributed by atoms with Gasteiger partial charge in [-0.3, -0.25) is 4.79 Å². The van der Waals surface area contributed by atoms with E-state index in [9.17, 15) is 18.0 Å². The minimum absolute atomic E-state index is 0.223. The van der Waals surface area contributed by atoms with Crippen LogP contribution in [0.3, 0.4) is 0 Å². The third-order valence-electron chi connectivity index (χ3n) is 4.49. The highest BCUT2D eigenvalue weighted by molar-refractivity contribution is 7.98. The van der Waals surface area contributed by atoms with E-state index in [1.807, 2.05) is 13.0 Å². The molecule has 0 N–H and O–H groups in total. The average Bonchev–Trinajstić information content (AvgIpc) is 2.73. The van der Waals surface area contributed by atoms with Crippen molar-refractivity contribution >= 4 is 22.7 Å². The lowest BCUT2D eigenvalue weighted by molar-refractivity contribution is -0.137. The molecule has 0 radical (unpaired) electrons. The smallest absolute Gasteiger partial charge is 0.268 e. The standard InChI is InChI=1S/C22H16F3N3OS/c1-14-9-10-19(26-12-14)28-20(29)17-7-2-3-8-18(17)27-21(28)30-13-15-5-4-6-16(11-15)22(23,24)25/h2-12H,13H2,1H3. The highest BCUT2D eigenvalue weighted by Gasteiger charge is 2.30. The van der Waals surface area contributed by atoms with E-state index < -0.39 is 11.7 Å². The van der Waals surface area contributed by atoms with Crippen molar-refractivity contribution in [2.24, 2.45) is 0 Å². The molecule has 0 fully saturated rings. The van der Waals surface area contributed by atoms with Crippen LogP contribution in [0.4, 0.5) is 13.2 Å². The number of thioether (sulfide) groups is 1. The zero-order valence-corrected chi connectivity index (χ0v) is 16.7. The molecular weight excluding hydrogens is 411 g/mol. The Hall–Kier alpha value is -3.13. The second-order valence-electron chi connectivity index (χ2n) is 6.73. The summed E-state index contributed by atoms with van der Waals surface area (Å²) in [6, 6.07) is 15.7. The summed E-state index contributed by atoms with van der Waals surface area (Å²) in [5, 5.41) is 0.816. The van der Waals surface area contributed by atoms with Crippen molar-refractivity contribution in [2.45, 2.75) is 24.0 Å². The zero-order chi connectivity index (χ0) is 21.3. The van der Waals surface area contributed by atoms with Crippen molar-refractivity contribution in [3.63, 3.8) is 0 Å². The SMILES string of the molecule is Cc1ccc(-n2c(SCc3cccc(C(F)(F)F)c3)nc3ccccc3c2=O)nc1. The maximum absolute atomic E-state index is 13.2. The van der Waals surface area contributed by atoms with Gasteiger partial charge in [0.25, 0.3) is 5.56 Å². The summed E-state index contributed by atoms with van der Waals surface area (Å²) in [6.07, 6.45) is -2.76. The molecule has 0 bridgehead atoms. The molecule has 0 atom stereocenters. The van der Waals surface area contributed by atoms with Crippen LogP contribution in [0.15, 0.2) is 76.8 Å². The predicted molar refractivity (Wildman–Crippen MR) is 111 cm³/mol. The fraction of sp³-hybridized carbons (Fsp3) is 0.136. The summed E-state index contributed by atoms with van der Waals surface area (Å²) in [5.74, 6) is 0.635. The Kier molecular flexibility index (Phi) is 5.34. The van der Waals surface area contributed by atoms with Gasteiger partial charge >= 0.3 is 6.18 Å². The first-order chi connectivity index (χ1) is 14.3. The summed E-state index contributed by atoms with van der Waals surface area (Å²) in [7, 11) is 0. The first kappa shape index (κ1) is 20.2. The van der Waals surface area contributed by atoms with Gasteiger partial charge in [0.2, 0.25) is 0 Å². The maximum Gasteiger partial charge on any atom is 0.416 e. The van der Waals surface area contributed by atoms with E-state index in [4.69, 9.17) is 0 Å². The number of hydrogen-bond donors (Lipinski definition) is 0. The van der Waals surface area contributed by atoms with Gasteiger partial charge in [0.05, 0.1) is 16.5 Å². The number of alkyl halides is 3. The summed E-state index contributed by atoms with van der Waals surface area (Å²) in [5.41, 5.74) is 0.977. The van der Waals surface area contributed by atoms with Gasteiger partial charge in [-0.2, -0.15) is 13.2 Å². The summed E-state index contributed by atoms with van der Waals surface area (Å²) in [4.78, 5) is 22.1. The summed E-state index contributed by atoms with van der Waals surface area (Å²) < 4.78 is 40.4. The van der Waals surface area contributed by atoms with Crippen LogP contribution < -0.4 is 5.56 Å². The molecular formula is C22H16F3N3OS.